The zero-order valence-corrected chi connectivity index (χ0v) is 11.4. The molecule has 2 N–H and O–H groups in total. The summed E-state index contributed by atoms with van der Waals surface area (Å²) in [6, 6.07) is 3.93. The van der Waals surface area contributed by atoms with Crippen molar-refractivity contribution < 1.29 is 0 Å². The van der Waals surface area contributed by atoms with E-state index >= 15 is 0 Å². The van der Waals surface area contributed by atoms with E-state index in [-0.39, 0.29) is 0 Å². The first-order valence-electron chi connectivity index (χ1n) is 8.08. The van der Waals surface area contributed by atoms with Gasteiger partial charge in [0.2, 0.25) is 0 Å². The Kier molecular flexibility index (Phi) is 2.90. The van der Waals surface area contributed by atoms with Crippen molar-refractivity contribution in [1.82, 2.24) is 9.80 Å². The molecule has 0 amide bonds. The molecule has 18 heavy (non-hydrogen) atoms. The second-order valence-corrected chi connectivity index (χ2v) is 7.09. The van der Waals surface area contributed by atoms with Crippen LogP contribution in [0.15, 0.2) is 0 Å². The predicted molar refractivity (Wildman–Crippen MR) is 73.5 cm³/mol. The summed E-state index contributed by atoms with van der Waals surface area (Å²) in [6.45, 7) is 2.71. The van der Waals surface area contributed by atoms with Gasteiger partial charge in [-0.15, -0.1) is 0 Å². The molecule has 0 aromatic rings. The van der Waals surface area contributed by atoms with Gasteiger partial charge in [0.15, 0.2) is 0 Å². The van der Waals surface area contributed by atoms with Crippen LogP contribution in [-0.2, 0) is 0 Å². The lowest BCUT2D eigenvalue weighted by molar-refractivity contribution is -0.00244. The monoisotopic (exact) mass is 249 g/mol. The van der Waals surface area contributed by atoms with Crippen LogP contribution in [0.1, 0.15) is 51.4 Å². The van der Waals surface area contributed by atoms with Gasteiger partial charge in [-0.3, -0.25) is 9.80 Å². The Bertz CT molecular complexity index is 301. The van der Waals surface area contributed by atoms with Gasteiger partial charge in [-0.25, -0.2) is 0 Å². The minimum atomic E-state index is 0.484. The first-order valence-corrected chi connectivity index (χ1v) is 8.08. The molecule has 4 rings (SSSR count). The maximum absolute atomic E-state index is 6.23. The molecule has 102 valence electrons. The second-order valence-electron chi connectivity index (χ2n) is 7.09. The zero-order valence-electron chi connectivity index (χ0n) is 11.4. The lowest BCUT2D eigenvalue weighted by Crippen LogP contribution is -2.59. The number of likely N-dealkylation sites (tertiary alicyclic amines) is 1. The Labute approximate surface area is 111 Å². The molecule has 0 aromatic carbocycles. The van der Waals surface area contributed by atoms with E-state index in [4.69, 9.17) is 5.73 Å². The van der Waals surface area contributed by atoms with Gasteiger partial charge in [0.1, 0.15) is 0 Å². The molecule has 3 heterocycles. The Morgan fingerprint density at radius 3 is 2.17 bits per heavy atom. The standard InChI is InChI=1S/C15H27N3/c16-11-8-13-2-1-3-14(9-11)18(13)15-6-7-17(10-15)12-4-5-12/h11-15H,1-10,16H2. The average Bonchev–Trinajstić information content (AvgIpc) is 3.07. The van der Waals surface area contributed by atoms with Crippen molar-refractivity contribution in [3.05, 3.63) is 0 Å². The molecule has 3 saturated heterocycles. The Morgan fingerprint density at radius 2 is 1.50 bits per heavy atom. The van der Waals surface area contributed by atoms with Crippen LogP contribution in [0.4, 0.5) is 0 Å². The molecule has 4 aliphatic rings. The summed E-state index contributed by atoms with van der Waals surface area (Å²) >= 11 is 0. The number of hydrogen-bond acceptors (Lipinski definition) is 3. The first kappa shape index (κ1) is 11.7. The maximum Gasteiger partial charge on any atom is 0.0241 e. The van der Waals surface area contributed by atoms with E-state index in [1.807, 2.05) is 0 Å². The van der Waals surface area contributed by atoms with Gasteiger partial charge in [-0.1, -0.05) is 6.42 Å². The Balaban J connectivity index is 1.46. The van der Waals surface area contributed by atoms with E-state index < -0.39 is 0 Å². The summed E-state index contributed by atoms with van der Waals surface area (Å²) in [5.74, 6) is 0. The first-order chi connectivity index (χ1) is 8.81. The fourth-order valence-corrected chi connectivity index (χ4v) is 4.84. The van der Waals surface area contributed by atoms with Crippen molar-refractivity contribution >= 4 is 0 Å². The van der Waals surface area contributed by atoms with E-state index in [0.29, 0.717) is 6.04 Å². The SMILES string of the molecule is NC1CC2CCCC(C1)N2C1CCN(C2CC2)C1. The molecule has 4 fully saturated rings. The van der Waals surface area contributed by atoms with Crippen molar-refractivity contribution in [2.24, 2.45) is 5.73 Å². The van der Waals surface area contributed by atoms with E-state index in [1.165, 1.54) is 64.5 Å². The summed E-state index contributed by atoms with van der Waals surface area (Å²) in [6.07, 6.45) is 11.1. The molecule has 2 bridgehead atoms. The highest BCUT2D eigenvalue weighted by molar-refractivity contribution is 5.01. The number of piperidine rings is 2. The molecule has 3 heteroatoms. The number of nitrogens with two attached hydrogens (primary N) is 1. The van der Waals surface area contributed by atoms with E-state index in [0.717, 1.165) is 24.2 Å². The van der Waals surface area contributed by atoms with Crippen LogP contribution >= 0.6 is 0 Å². The number of rotatable bonds is 2. The van der Waals surface area contributed by atoms with Crippen LogP contribution in [0, 0.1) is 0 Å². The molecular formula is C15H27N3. The van der Waals surface area contributed by atoms with Crippen molar-refractivity contribution in [1.29, 1.82) is 0 Å². The summed E-state index contributed by atoms with van der Waals surface area (Å²) in [4.78, 5) is 5.67. The van der Waals surface area contributed by atoms with Crippen molar-refractivity contribution in [2.45, 2.75) is 81.6 Å². The molecular weight excluding hydrogens is 222 g/mol. The highest BCUT2D eigenvalue weighted by Crippen LogP contribution is 2.38. The van der Waals surface area contributed by atoms with Crippen LogP contribution in [0.5, 0.6) is 0 Å². The quantitative estimate of drug-likeness (QED) is 0.806. The third-order valence-corrected chi connectivity index (χ3v) is 5.75. The van der Waals surface area contributed by atoms with Crippen molar-refractivity contribution in [2.75, 3.05) is 13.1 Å². The molecule has 3 nitrogen and oxygen atoms in total. The van der Waals surface area contributed by atoms with Gasteiger partial charge in [-0.05, 0) is 44.9 Å². The molecule has 0 aromatic heterocycles. The summed E-state index contributed by atoms with van der Waals surface area (Å²) in [5.41, 5.74) is 6.23. The topological polar surface area (TPSA) is 32.5 Å². The molecule has 1 aliphatic carbocycles. The largest absolute Gasteiger partial charge is 0.328 e. The van der Waals surface area contributed by atoms with Crippen LogP contribution < -0.4 is 5.73 Å². The van der Waals surface area contributed by atoms with Gasteiger partial charge in [0, 0.05) is 43.3 Å². The van der Waals surface area contributed by atoms with Crippen molar-refractivity contribution in [3.63, 3.8) is 0 Å². The fourth-order valence-electron chi connectivity index (χ4n) is 4.84. The van der Waals surface area contributed by atoms with Crippen LogP contribution in [0.3, 0.4) is 0 Å². The smallest absolute Gasteiger partial charge is 0.0241 e. The molecule has 1 saturated carbocycles. The average molecular weight is 249 g/mol. The summed E-state index contributed by atoms with van der Waals surface area (Å²) < 4.78 is 0. The van der Waals surface area contributed by atoms with Crippen LogP contribution in [-0.4, -0.2) is 53.1 Å². The molecule has 3 atom stereocenters. The number of fused-ring (bicyclic) bond motifs is 2. The summed E-state index contributed by atoms with van der Waals surface area (Å²) in [7, 11) is 0. The van der Waals surface area contributed by atoms with Crippen LogP contribution in [0.25, 0.3) is 0 Å². The fraction of sp³-hybridized carbons (Fsp3) is 1.00. The van der Waals surface area contributed by atoms with Crippen LogP contribution in [0.2, 0.25) is 0 Å². The molecule has 0 radical (unpaired) electrons. The van der Waals surface area contributed by atoms with Gasteiger partial charge in [0.05, 0.1) is 0 Å². The van der Waals surface area contributed by atoms with E-state index in [9.17, 15) is 0 Å². The maximum atomic E-state index is 6.23. The number of hydrogen-bond donors (Lipinski definition) is 1. The molecule has 3 unspecified atom stereocenters. The highest BCUT2D eigenvalue weighted by Gasteiger charge is 2.44. The Hall–Kier alpha value is -0.120. The van der Waals surface area contributed by atoms with E-state index in [1.54, 1.807) is 0 Å². The molecule has 3 aliphatic heterocycles. The van der Waals surface area contributed by atoms with E-state index in [2.05, 4.69) is 9.80 Å². The zero-order chi connectivity index (χ0) is 12.1. The van der Waals surface area contributed by atoms with Gasteiger partial charge < -0.3 is 5.73 Å². The third-order valence-electron chi connectivity index (χ3n) is 5.75. The normalized spacial score (nSPS) is 46.5. The number of nitrogens with zero attached hydrogens (tertiary/aromatic N) is 2. The Morgan fingerprint density at radius 1 is 0.778 bits per heavy atom. The third kappa shape index (κ3) is 2.00. The lowest BCUT2D eigenvalue weighted by Gasteiger charge is -2.51. The minimum Gasteiger partial charge on any atom is -0.328 e. The molecule has 0 spiro atoms. The lowest BCUT2D eigenvalue weighted by atomic mass is 9.81. The highest BCUT2D eigenvalue weighted by atomic mass is 15.3. The minimum absolute atomic E-state index is 0.484. The van der Waals surface area contributed by atoms with Gasteiger partial charge in [-0.2, -0.15) is 0 Å². The van der Waals surface area contributed by atoms with Gasteiger partial charge >= 0.3 is 0 Å². The predicted octanol–water partition coefficient (Wildman–Crippen LogP) is 1.57. The van der Waals surface area contributed by atoms with Crippen molar-refractivity contribution in [3.8, 4) is 0 Å². The van der Waals surface area contributed by atoms with Gasteiger partial charge in [0.25, 0.3) is 0 Å². The second kappa shape index (κ2) is 4.46. The summed E-state index contributed by atoms with van der Waals surface area (Å²) in [5, 5.41) is 0.